The second-order valence-electron chi connectivity index (χ2n) is 4.74. The van der Waals surface area contributed by atoms with Gasteiger partial charge in [-0.3, -0.25) is 4.90 Å². The molecule has 3 nitrogen and oxygen atoms in total. The number of thiophene rings is 1. The van der Waals surface area contributed by atoms with Gasteiger partial charge in [0.2, 0.25) is 0 Å². The molecule has 0 aliphatic rings. The van der Waals surface area contributed by atoms with Crippen molar-refractivity contribution in [2.75, 3.05) is 4.90 Å². The van der Waals surface area contributed by atoms with Crippen LogP contribution in [0.25, 0.3) is 0 Å². The summed E-state index contributed by atoms with van der Waals surface area (Å²) in [7, 11) is 0. The Balaban J connectivity index is 1.83. The van der Waals surface area contributed by atoms with E-state index in [1.54, 1.807) is 16.2 Å². The number of amides is 2. The van der Waals surface area contributed by atoms with Crippen LogP contribution in [0.5, 0.6) is 0 Å². The fourth-order valence-corrected chi connectivity index (χ4v) is 2.84. The number of nitrogens with one attached hydrogen (secondary N) is 1. The Morgan fingerprint density at radius 1 is 0.864 bits per heavy atom. The van der Waals surface area contributed by atoms with Crippen LogP contribution in [0, 0.1) is 0 Å². The molecule has 0 saturated heterocycles. The van der Waals surface area contributed by atoms with E-state index in [1.165, 1.54) is 0 Å². The van der Waals surface area contributed by atoms with Crippen molar-refractivity contribution in [3.63, 3.8) is 0 Å². The van der Waals surface area contributed by atoms with Crippen molar-refractivity contribution in [2.24, 2.45) is 0 Å². The van der Waals surface area contributed by atoms with Crippen LogP contribution in [0.1, 0.15) is 4.88 Å². The number of carbonyl (C=O) groups excluding carboxylic acids is 1. The number of benzene rings is 2. The quantitative estimate of drug-likeness (QED) is 0.738. The van der Waals surface area contributed by atoms with E-state index in [-0.39, 0.29) is 6.03 Å². The third-order valence-corrected chi connectivity index (χ3v) is 4.10. The van der Waals surface area contributed by atoms with Crippen LogP contribution in [-0.2, 0) is 6.54 Å². The highest BCUT2D eigenvalue weighted by molar-refractivity contribution is 7.09. The van der Waals surface area contributed by atoms with E-state index in [9.17, 15) is 4.79 Å². The average molecular weight is 308 g/mol. The van der Waals surface area contributed by atoms with Gasteiger partial charge in [0.25, 0.3) is 0 Å². The summed E-state index contributed by atoms with van der Waals surface area (Å²) >= 11 is 1.64. The number of hydrogen-bond acceptors (Lipinski definition) is 2. The van der Waals surface area contributed by atoms with E-state index in [4.69, 9.17) is 0 Å². The maximum atomic E-state index is 12.7. The molecule has 0 fully saturated rings. The molecule has 2 aromatic carbocycles. The molecule has 110 valence electrons. The van der Waals surface area contributed by atoms with Crippen molar-refractivity contribution in [3.8, 4) is 0 Å². The van der Waals surface area contributed by atoms with Gasteiger partial charge in [0, 0.05) is 4.88 Å². The molecule has 3 aromatic rings. The smallest absolute Gasteiger partial charge is 0.326 e. The largest absolute Gasteiger partial charge is 0.332 e. The van der Waals surface area contributed by atoms with E-state index in [1.807, 2.05) is 78.2 Å². The van der Waals surface area contributed by atoms with E-state index in [0.717, 1.165) is 16.3 Å². The minimum Gasteiger partial charge on any atom is -0.332 e. The van der Waals surface area contributed by atoms with Crippen LogP contribution in [0.4, 0.5) is 16.2 Å². The summed E-state index contributed by atoms with van der Waals surface area (Å²) in [5.41, 5.74) is 1.69. The Hall–Kier alpha value is -2.59. The van der Waals surface area contributed by atoms with Gasteiger partial charge in [0.1, 0.15) is 0 Å². The molecule has 0 saturated carbocycles. The van der Waals surface area contributed by atoms with Crippen LogP contribution >= 0.6 is 11.3 Å². The number of para-hydroxylation sites is 2. The maximum absolute atomic E-state index is 12.7. The van der Waals surface area contributed by atoms with Crippen LogP contribution in [0.3, 0.4) is 0 Å². The highest BCUT2D eigenvalue weighted by Crippen LogP contribution is 2.25. The number of hydrogen-bond donors (Lipinski definition) is 1. The lowest BCUT2D eigenvalue weighted by Gasteiger charge is -2.23. The van der Waals surface area contributed by atoms with Gasteiger partial charge in [-0.05, 0) is 35.7 Å². The topological polar surface area (TPSA) is 32.3 Å². The summed E-state index contributed by atoms with van der Waals surface area (Å²) < 4.78 is 0. The molecule has 1 N–H and O–H groups in total. The van der Waals surface area contributed by atoms with Gasteiger partial charge in [0.15, 0.2) is 0 Å². The van der Waals surface area contributed by atoms with Crippen molar-refractivity contribution in [2.45, 2.75) is 6.54 Å². The molecule has 4 heteroatoms. The van der Waals surface area contributed by atoms with Crippen molar-refractivity contribution in [1.29, 1.82) is 0 Å². The monoisotopic (exact) mass is 308 g/mol. The zero-order valence-corrected chi connectivity index (χ0v) is 12.8. The van der Waals surface area contributed by atoms with E-state index < -0.39 is 0 Å². The van der Waals surface area contributed by atoms with Crippen molar-refractivity contribution < 1.29 is 4.79 Å². The first kappa shape index (κ1) is 14.4. The second-order valence-corrected chi connectivity index (χ2v) is 5.78. The molecule has 1 aromatic heterocycles. The van der Waals surface area contributed by atoms with Crippen LogP contribution in [0.15, 0.2) is 78.2 Å². The lowest BCUT2D eigenvalue weighted by atomic mass is 10.2. The fraction of sp³-hybridized carbons (Fsp3) is 0.0556. The summed E-state index contributed by atoms with van der Waals surface area (Å²) in [6.45, 7) is 0.534. The highest BCUT2D eigenvalue weighted by Gasteiger charge is 2.17. The Labute approximate surface area is 133 Å². The number of anilines is 2. The van der Waals surface area contributed by atoms with Gasteiger partial charge in [-0.2, -0.15) is 0 Å². The highest BCUT2D eigenvalue weighted by atomic mass is 32.1. The first-order valence-electron chi connectivity index (χ1n) is 7.05. The normalized spacial score (nSPS) is 10.2. The summed E-state index contributed by atoms with van der Waals surface area (Å²) in [5.74, 6) is 0. The molecular weight excluding hydrogens is 292 g/mol. The Kier molecular flexibility index (Phi) is 4.51. The predicted molar refractivity (Wildman–Crippen MR) is 91.6 cm³/mol. The summed E-state index contributed by atoms with van der Waals surface area (Å²) in [6.07, 6.45) is 0. The molecule has 0 radical (unpaired) electrons. The molecule has 0 atom stereocenters. The number of nitrogens with zero attached hydrogens (tertiary/aromatic N) is 1. The Morgan fingerprint density at radius 2 is 1.45 bits per heavy atom. The lowest BCUT2D eigenvalue weighted by molar-refractivity contribution is 0.248. The Morgan fingerprint density at radius 3 is 1.95 bits per heavy atom. The number of rotatable bonds is 4. The van der Waals surface area contributed by atoms with Gasteiger partial charge in [-0.15, -0.1) is 11.3 Å². The molecule has 0 bridgehead atoms. The molecule has 0 spiro atoms. The number of carbonyl (C=O) groups is 1. The summed E-state index contributed by atoms with van der Waals surface area (Å²) in [5, 5.41) is 4.99. The van der Waals surface area contributed by atoms with Gasteiger partial charge in [-0.1, -0.05) is 42.5 Å². The predicted octanol–water partition coefficient (Wildman–Crippen LogP) is 4.80. The Bertz CT molecular complexity index is 672. The lowest BCUT2D eigenvalue weighted by Crippen LogP contribution is -2.36. The molecule has 0 aliphatic carbocycles. The molecule has 1 heterocycles. The number of urea groups is 1. The summed E-state index contributed by atoms with van der Waals surface area (Å²) in [4.78, 5) is 15.5. The minimum absolute atomic E-state index is 0.134. The van der Waals surface area contributed by atoms with E-state index in [2.05, 4.69) is 5.32 Å². The first-order valence-corrected chi connectivity index (χ1v) is 7.93. The van der Waals surface area contributed by atoms with Crippen molar-refractivity contribution in [3.05, 3.63) is 83.1 Å². The average Bonchev–Trinajstić information content (AvgIpc) is 3.09. The molecular formula is C18H16N2OS. The summed E-state index contributed by atoms with van der Waals surface area (Å²) in [6, 6.07) is 23.2. The fourth-order valence-electron chi connectivity index (χ4n) is 2.19. The third-order valence-electron chi connectivity index (χ3n) is 3.23. The SMILES string of the molecule is O=C(NCc1cccs1)N(c1ccccc1)c1ccccc1. The molecule has 3 rings (SSSR count). The molecule has 2 amide bonds. The zero-order valence-electron chi connectivity index (χ0n) is 12.0. The van der Waals surface area contributed by atoms with E-state index in [0.29, 0.717) is 6.54 Å². The van der Waals surface area contributed by atoms with E-state index >= 15 is 0 Å². The maximum Gasteiger partial charge on any atom is 0.326 e. The molecule has 22 heavy (non-hydrogen) atoms. The van der Waals surface area contributed by atoms with Gasteiger partial charge < -0.3 is 5.32 Å². The van der Waals surface area contributed by atoms with Gasteiger partial charge in [0.05, 0.1) is 17.9 Å². The van der Waals surface area contributed by atoms with Gasteiger partial charge in [-0.25, -0.2) is 4.79 Å². The molecule has 0 aliphatic heterocycles. The van der Waals surface area contributed by atoms with Crippen molar-refractivity contribution in [1.82, 2.24) is 5.32 Å². The zero-order chi connectivity index (χ0) is 15.2. The first-order chi connectivity index (χ1) is 10.8. The second kappa shape index (κ2) is 6.91. The minimum atomic E-state index is -0.134. The van der Waals surface area contributed by atoms with Gasteiger partial charge >= 0.3 is 6.03 Å². The molecule has 0 unspecified atom stereocenters. The van der Waals surface area contributed by atoms with Crippen LogP contribution < -0.4 is 10.2 Å². The third kappa shape index (κ3) is 3.35. The van der Waals surface area contributed by atoms with Crippen LogP contribution in [-0.4, -0.2) is 6.03 Å². The standard InChI is InChI=1S/C18H16N2OS/c21-18(19-14-17-12-7-13-22-17)20(15-8-3-1-4-9-15)16-10-5-2-6-11-16/h1-13H,14H2,(H,19,21). The van der Waals surface area contributed by atoms with Crippen LogP contribution in [0.2, 0.25) is 0 Å². The van der Waals surface area contributed by atoms with Crippen molar-refractivity contribution >= 4 is 28.7 Å².